The largest absolute Gasteiger partial charge is 0.331 e. The zero-order chi connectivity index (χ0) is 11.8. The van der Waals surface area contributed by atoms with Crippen LogP contribution in [-0.2, 0) is 7.05 Å². The Balaban J connectivity index is 2.17. The van der Waals surface area contributed by atoms with E-state index in [0.717, 1.165) is 5.52 Å². The normalized spacial score (nSPS) is 10.9. The third kappa shape index (κ3) is 1.44. The van der Waals surface area contributed by atoms with E-state index in [1.165, 1.54) is 0 Å². The minimum absolute atomic E-state index is 0.112. The van der Waals surface area contributed by atoms with Gasteiger partial charge in [-0.3, -0.25) is 4.79 Å². The summed E-state index contributed by atoms with van der Waals surface area (Å²) in [7, 11) is 1.80. The van der Waals surface area contributed by atoms with Crippen LogP contribution in [0.15, 0.2) is 43.0 Å². The predicted molar refractivity (Wildman–Crippen MR) is 61.8 cm³/mol. The van der Waals surface area contributed by atoms with Crippen molar-refractivity contribution in [2.75, 3.05) is 0 Å². The van der Waals surface area contributed by atoms with Gasteiger partial charge in [-0.15, -0.1) is 0 Å². The molecule has 17 heavy (non-hydrogen) atoms. The van der Waals surface area contributed by atoms with Gasteiger partial charge in [-0.2, -0.15) is 5.10 Å². The molecule has 3 rings (SSSR count). The van der Waals surface area contributed by atoms with Gasteiger partial charge in [0.15, 0.2) is 5.82 Å². The SMILES string of the molecule is Cn1ccnc1C(=O)c1cnn2ccccc12. The van der Waals surface area contributed by atoms with Crippen LogP contribution in [0.25, 0.3) is 5.52 Å². The van der Waals surface area contributed by atoms with Crippen molar-refractivity contribution in [2.45, 2.75) is 0 Å². The maximum atomic E-state index is 12.3. The summed E-state index contributed by atoms with van der Waals surface area (Å²) in [5.74, 6) is 0.308. The fourth-order valence-electron chi connectivity index (χ4n) is 1.81. The van der Waals surface area contributed by atoms with E-state index in [0.29, 0.717) is 11.4 Å². The number of fused-ring (bicyclic) bond motifs is 1. The Morgan fingerprint density at radius 3 is 2.94 bits per heavy atom. The van der Waals surface area contributed by atoms with Crippen LogP contribution in [0.5, 0.6) is 0 Å². The number of pyridine rings is 1. The van der Waals surface area contributed by atoms with Gasteiger partial charge in [-0.1, -0.05) is 6.07 Å². The molecule has 0 fully saturated rings. The van der Waals surface area contributed by atoms with Gasteiger partial charge in [0.2, 0.25) is 5.78 Å². The number of imidazole rings is 1. The quantitative estimate of drug-likeness (QED) is 0.619. The van der Waals surface area contributed by atoms with Crippen LogP contribution in [0.1, 0.15) is 16.2 Å². The van der Waals surface area contributed by atoms with E-state index in [9.17, 15) is 4.79 Å². The van der Waals surface area contributed by atoms with Crippen LogP contribution in [0.2, 0.25) is 0 Å². The third-order valence-corrected chi connectivity index (χ3v) is 2.70. The van der Waals surface area contributed by atoms with Gasteiger partial charge in [-0.05, 0) is 12.1 Å². The Hall–Kier alpha value is -2.43. The lowest BCUT2D eigenvalue weighted by atomic mass is 10.1. The van der Waals surface area contributed by atoms with Gasteiger partial charge in [0.25, 0.3) is 0 Å². The van der Waals surface area contributed by atoms with E-state index in [2.05, 4.69) is 10.1 Å². The molecule has 5 nitrogen and oxygen atoms in total. The average molecular weight is 226 g/mol. The van der Waals surface area contributed by atoms with E-state index in [4.69, 9.17) is 0 Å². The fraction of sp³-hybridized carbons (Fsp3) is 0.0833. The Bertz CT molecular complexity index is 695. The zero-order valence-electron chi connectivity index (χ0n) is 9.24. The second-order valence-corrected chi connectivity index (χ2v) is 3.78. The molecule has 3 heterocycles. The lowest BCUT2D eigenvalue weighted by molar-refractivity contribution is 0.102. The number of aryl methyl sites for hydroxylation is 1. The van der Waals surface area contributed by atoms with Crippen LogP contribution in [0.4, 0.5) is 0 Å². The molecule has 0 spiro atoms. The first-order chi connectivity index (χ1) is 8.27. The molecule has 0 aliphatic heterocycles. The molecule has 0 radical (unpaired) electrons. The Morgan fingerprint density at radius 2 is 2.18 bits per heavy atom. The van der Waals surface area contributed by atoms with Crippen molar-refractivity contribution in [3.05, 3.63) is 54.4 Å². The first-order valence-corrected chi connectivity index (χ1v) is 5.22. The molecule has 0 saturated heterocycles. The summed E-state index contributed by atoms with van der Waals surface area (Å²) in [6.45, 7) is 0. The van der Waals surface area contributed by atoms with Gasteiger partial charge in [0, 0.05) is 25.6 Å². The number of hydrogen-bond donors (Lipinski definition) is 0. The van der Waals surface area contributed by atoms with Crippen LogP contribution in [0, 0.1) is 0 Å². The average Bonchev–Trinajstić information content (AvgIpc) is 2.94. The Labute approximate surface area is 97.3 Å². The highest BCUT2D eigenvalue weighted by Gasteiger charge is 2.17. The number of rotatable bonds is 2. The van der Waals surface area contributed by atoms with E-state index < -0.39 is 0 Å². The summed E-state index contributed by atoms with van der Waals surface area (Å²) in [5.41, 5.74) is 1.36. The van der Waals surface area contributed by atoms with Crippen LogP contribution in [0.3, 0.4) is 0 Å². The first kappa shape index (κ1) is 9.77. The summed E-state index contributed by atoms with van der Waals surface area (Å²) in [6.07, 6.45) is 6.74. The number of aromatic nitrogens is 4. The molecule has 0 N–H and O–H groups in total. The van der Waals surface area contributed by atoms with Crippen molar-refractivity contribution in [3.8, 4) is 0 Å². The van der Waals surface area contributed by atoms with Crippen LogP contribution >= 0.6 is 0 Å². The Morgan fingerprint density at radius 1 is 1.29 bits per heavy atom. The van der Waals surface area contributed by atoms with Crippen molar-refractivity contribution in [3.63, 3.8) is 0 Å². The minimum Gasteiger partial charge on any atom is -0.331 e. The number of hydrogen-bond acceptors (Lipinski definition) is 3. The van der Waals surface area contributed by atoms with Crippen LogP contribution in [-0.4, -0.2) is 24.9 Å². The van der Waals surface area contributed by atoms with Gasteiger partial charge in [-0.25, -0.2) is 9.50 Å². The van der Waals surface area contributed by atoms with Gasteiger partial charge in [0.1, 0.15) is 0 Å². The second kappa shape index (κ2) is 3.55. The monoisotopic (exact) mass is 226 g/mol. The lowest BCUT2D eigenvalue weighted by Crippen LogP contribution is -2.08. The van der Waals surface area contributed by atoms with E-state index >= 15 is 0 Å². The molecule has 0 amide bonds. The molecule has 5 heteroatoms. The highest BCUT2D eigenvalue weighted by molar-refractivity contribution is 6.11. The predicted octanol–water partition coefficient (Wildman–Crippen LogP) is 1.30. The highest BCUT2D eigenvalue weighted by Crippen LogP contribution is 2.13. The summed E-state index contributed by atoms with van der Waals surface area (Å²) < 4.78 is 3.38. The molecule has 0 aliphatic carbocycles. The summed E-state index contributed by atoms with van der Waals surface area (Å²) in [6, 6.07) is 5.62. The highest BCUT2D eigenvalue weighted by atomic mass is 16.1. The molecule has 0 aliphatic rings. The maximum Gasteiger partial charge on any atom is 0.232 e. The molecule has 0 aromatic carbocycles. The van der Waals surface area contributed by atoms with Crippen molar-refractivity contribution in [1.82, 2.24) is 19.2 Å². The second-order valence-electron chi connectivity index (χ2n) is 3.78. The fourth-order valence-corrected chi connectivity index (χ4v) is 1.81. The zero-order valence-corrected chi connectivity index (χ0v) is 9.24. The molecule has 3 aromatic rings. The van der Waals surface area contributed by atoms with Crippen LogP contribution < -0.4 is 0 Å². The first-order valence-electron chi connectivity index (χ1n) is 5.22. The molecule has 84 valence electrons. The number of nitrogens with zero attached hydrogens (tertiary/aromatic N) is 4. The van der Waals surface area contributed by atoms with E-state index in [1.54, 1.807) is 34.7 Å². The van der Waals surface area contributed by atoms with Crippen molar-refractivity contribution in [1.29, 1.82) is 0 Å². The summed E-state index contributed by atoms with van der Waals surface area (Å²) in [4.78, 5) is 16.3. The van der Waals surface area contributed by atoms with Gasteiger partial charge < -0.3 is 4.57 Å². The molecule has 0 bridgehead atoms. The standard InChI is InChI=1S/C12H10N4O/c1-15-7-5-13-12(15)11(17)9-8-14-16-6-3-2-4-10(9)16/h2-8H,1H3. The lowest BCUT2D eigenvalue weighted by Gasteiger charge is -1.99. The van der Waals surface area contributed by atoms with Crippen molar-refractivity contribution in [2.24, 2.45) is 7.05 Å². The van der Waals surface area contributed by atoms with E-state index in [-0.39, 0.29) is 5.78 Å². The minimum atomic E-state index is -0.112. The Kier molecular flexibility index (Phi) is 2.04. The molecular formula is C12H10N4O. The molecule has 0 unspecified atom stereocenters. The van der Waals surface area contributed by atoms with Gasteiger partial charge >= 0.3 is 0 Å². The molecule has 3 aromatic heterocycles. The van der Waals surface area contributed by atoms with Gasteiger partial charge in [0.05, 0.1) is 17.3 Å². The van der Waals surface area contributed by atoms with Crippen molar-refractivity contribution >= 4 is 11.3 Å². The third-order valence-electron chi connectivity index (χ3n) is 2.70. The maximum absolute atomic E-state index is 12.3. The van der Waals surface area contributed by atoms with Crippen molar-refractivity contribution < 1.29 is 4.79 Å². The molecule has 0 saturated carbocycles. The molecular weight excluding hydrogens is 216 g/mol. The smallest absolute Gasteiger partial charge is 0.232 e. The number of ketones is 1. The summed E-state index contributed by atoms with van der Waals surface area (Å²) >= 11 is 0. The molecule has 0 atom stereocenters. The number of carbonyl (C=O) groups excluding carboxylic acids is 1. The summed E-state index contributed by atoms with van der Waals surface area (Å²) in [5, 5.41) is 4.14. The van der Waals surface area contributed by atoms with E-state index in [1.807, 2.05) is 24.4 Å². The number of carbonyl (C=O) groups is 1. The topological polar surface area (TPSA) is 52.2 Å².